The molecule has 4 rings (SSSR count). The summed E-state index contributed by atoms with van der Waals surface area (Å²) in [5, 5.41) is 18.1. The van der Waals surface area contributed by atoms with Crippen LogP contribution < -0.4 is 10.1 Å². The molecule has 1 atom stereocenters. The first-order chi connectivity index (χ1) is 13.0. The molecule has 1 aromatic heterocycles. The van der Waals surface area contributed by atoms with Gasteiger partial charge in [0.15, 0.2) is 11.5 Å². The van der Waals surface area contributed by atoms with Gasteiger partial charge in [-0.05, 0) is 48.9 Å². The van der Waals surface area contributed by atoms with Crippen molar-refractivity contribution in [1.29, 1.82) is 0 Å². The molecule has 0 saturated carbocycles. The SMILES string of the molecule is COc1cc([C@H]2CC(=O)Nc3c2c(C)nn3-c2ccc(Cl)cc2)ccc1O. The number of carbonyl (C=O) groups excluding carboxylic acids is 1. The van der Waals surface area contributed by atoms with Crippen molar-refractivity contribution in [2.45, 2.75) is 19.3 Å². The van der Waals surface area contributed by atoms with Gasteiger partial charge in [-0.1, -0.05) is 17.7 Å². The molecule has 0 radical (unpaired) electrons. The molecule has 1 aliphatic heterocycles. The highest BCUT2D eigenvalue weighted by atomic mass is 35.5. The fourth-order valence-corrected chi connectivity index (χ4v) is 3.64. The van der Waals surface area contributed by atoms with Gasteiger partial charge in [0.05, 0.1) is 18.5 Å². The molecule has 0 aliphatic carbocycles. The second-order valence-corrected chi connectivity index (χ2v) is 6.91. The number of hydrogen-bond donors (Lipinski definition) is 2. The number of nitrogens with one attached hydrogen (secondary N) is 1. The predicted octanol–water partition coefficient (Wildman–Crippen LogP) is 4.02. The van der Waals surface area contributed by atoms with Gasteiger partial charge < -0.3 is 15.2 Å². The third kappa shape index (κ3) is 3.02. The van der Waals surface area contributed by atoms with Gasteiger partial charge >= 0.3 is 0 Å². The van der Waals surface area contributed by atoms with Crippen LogP contribution in [0.2, 0.25) is 5.02 Å². The third-order valence-electron chi connectivity index (χ3n) is 4.78. The van der Waals surface area contributed by atoms with Crippen molar-refractivity contribution in [1.82, 2.24) is 9.78 Å². The van der Waals surface area contributed by atoms with Gasteiger partial charge in [-0.25, -0.2) is 4.68 Å². The fourth-order valence-electron chi connectivity index (χ4n) is 3.51. The fraction of sp³-hybridized carbons (Fsp3) is 0.200. The summed E-state index contributed by atoms with van der Waals surface area (Å²) < 4.78 is 6.95. The zero-order valence-corrected chi connectivity index (χ0v) is 15.6. The van der Waals surface area contributed by atoms with E-state index in [-0.39, 0.29) is 17.6 Å². The molecule has 0 spiro atoms. The van der Waals surface area contributed by atoms with Crippen LogP contribution >= 0.6 is 11.6 Å². The van der Waals surface area contributed by atoms with Crippen LogP contribution in [0.3, 0.4) is 0 Å². The molecule has 2 N–H and O–H groups in total. The Morgan fingerprint density at radius 2 is 2.00 bits per heavy atom. The van der Waals surface area contributed by atoms with E-state index in [9.17, 15) is 9.90 Å². The maximum Gasteiger partial charge on any atom is 0.226 e. The molecule has 0 fully saturated rings. The van der Waals surface area contributed by atoms with E-state index in [2.05, 4.69) is 10.4 Å². The Morgan fingerprint density at radius 1 is 1.26 bits per heavy atom. The van der Waals surface area contributed by atoms with Crippen LogP contribution in [-0.2, 0) is 4.79 Å². The number of fused-ring (bicyclic) bond motifs is 1. The normalized spacial score (nSPS) is 16.0. The van der Waals surface area contributed by atoms with Crippen molar-refractivity contribution < 1.29 is 14.6 Å². The number of halogens is 1. The first-order valence-corrected chi connectivity index (χ1v) is 8.88. The average Bonchev–Trinajstić information content (AvgIpc) is 2.98. The van der Waals surface area contributed by atoms with Gasteiger partial charge in [0.2, 0.25) is 5.91 Å². The molecule has 27 heavy (non-hydrogen) atoms. The van der Waals surface area contributed by atoms with Gasteiger partial charge in [-0.2, -0.15) is 5.10 Å². The standard InChI is InChI=1S/C20H18ClN3O3/c1-11-19-15(12-3-8-16(25)17(9-12)27-2)10-18(26)22-20(19)24(23-11)14-6-4-13(21)5-7-14/h3-9,15,25H,10H2,1-2H3,(H,22,26)/t15-/m1/s1. The number of anilines is 1. The average molecular weight is 384 g/mol. The van der Waals surface area contributed by atoms with Crippen molar-refractivity contribution in [3.05, 3.63) is 64.3 Å². The highest BCUT2D eigenvalue weighted by Crippen LogP contribution is 2.42. The van der Waals surface area contributed by atoms with E-state index in [1.807, 2.05) is 25.1 Å². The number of carbonyl (C=O) groups is 1. The Balaban J connectivity index is 1.85. The number of phenols is 1. The summed E-state index contributed by atoms with van der Waals surface area (Å²) in [4.78, 5) is 12.4. The van der Waals surface area contributed by atoms with E-state index in [0.29, 0.717) is 23.0 Å². The summed E-state index contributed by atoms with van der Waals surface area (Å²) in [5.74, 6) is 0.833. The van der Waals surface area contributed by atoms with Crippen LogP contribution in [0.15, 0.2) is 42.5 Å². The minimum Gasteiger partial charge on any atom is -0.504 e. The molecular weight excluding hydrogens is 366 g/mol. The smallest absolute Gasteiger partial charge is 0.226 e. The van der Waals surface area contributed by atoms with Crippen LogP contribution in [-0.4, -0.2) is 27.9 Å². The Bertz CT molecular complexity index is 1030. The van der Waals surface area contributed by atoms with Crippen LogP contribution in [0.25, 0.3) is 5.69 Å². The molecule has 1 amide bonds. The minimum atomic E-state index is -0.177. The van der Waals surface area contributed by atoms with Gasteiger partial charge in [-0.15, -0.1) is 0 Å². The number of aryl methyl sites for hydroxylation is 1. The van der Waals surface area contributed by atoms with Gasteiger partial charge in [0.25, 0.3) is 0 Å². The number of hydrogen-bond acceptors (Lipinski definition) is 4. The number of ether oxygens (including phenoxy) is 1. The summed E-state index contributed by atoms with van der Waals surface area (Å²) in [7, 11) is 1.50. The molecule has 3 aromatic rings. The molecule has 1 aliphatic rings. The lowest BCUT2D eigenvalue weighted by molar-refractivity contribution is -0.116. The van der Waals surface area contributed by atoms with E-state index in [4.69, 9.17) is 16.3 Å². The Kier molecular flexibility index (Phi) is 4.28. The topological polar surface area (TPSA) is 76.4 Å². The lowest BCUT2D eigenvalue weighted by Crippen LogP contribution is -2.25. The Hall–Kier alpha value is -2.99. The molecule has 0 bridgehead atoms. The summed E-state index contributed by atoms with van der Waals surface area (Å²) in [6, 6.07) is 12.4. The van der Waals surface area contributed by atoms with Crippen molar-refractivity contribution in [3.8, 4) is 17.2 Å². The number of amides is 1. The van der Waals surface area contributed by atoms with Crippen molar-refractivity contribution in [2.75, 3.05) is 12.4 Å². The molecule has 7 heteroatoms. The van der Waals surface area contributed by atoms with Crippen LogP contribution in [0, 0.1) is 6.92 Å². The number of rotatable bonds is 3. The first kappa shape index (κ1) is 17.4. The number of methoxy groups -OCH3 is 1. The van der Waals surface area contributed by atoms with E-state index >= 15 is 0 Å². The minimum absolute atomic E-state index is 0.0651. The Labute approximate surface area is 161 Å². The number of nitrogens with zero attached hydrogens (tertiary/aromatic N) is 2. The predicted molar refractivity (Wildman–Crippen MR) is 103 cm³/mol. The Morgan fingerprint density at radius 3 is 2.70 bits per heavy atom. The quantitative estimate of drug-likeness (QED) is 0.716. The zero-order valence-electron chi connectivity index (χ0n) is 14.9. The van der Waals surface area contributed by atoms with E-state index in [1.165, 1.54) is 7.11 Å². The van der Waals surface area contributed by atoms with Crippen LogP contribution in [0.4, 0.5) is 5.82 Å². The van der Waals surface area contributed by atoms with E-state index in [1.54, 1.807) is 28.9 Å². The second kappa shape index (κ2) is 6.63. The highest BCUT2D eigenvalue weighted by Gasteiger charge is 2.33. The summed E-state index contributed by atoms with van der Waals surface area (Å²) in [6.45, 7) is 1.92. The van der Waals surface area contributed by atoms with Crippen LogP contribution in [0.5, 0.6) is 11.5 Å². The zero-order chi connectivity index (χ0) is 19.1. The van der Waals surface area contributed by atoms with Gasteiger partial charge in [0.1, 0.15) is 5.82 Å². The van der Waals surface area contributed by atoms with Crippen LogP contribution in [0.1, 0.15) is 29.2 Å². The van der Waals surface area contributed by atoms with E-state index < -0.39 is 0 Å². The monoisotopic (exact) mass is 383 g/mol. The van der Waals surface area contributed by atoms with E-state index in [0.717, 1.165) is 22.5 Å². The molecule has 6 nitrogen and oxygen atoms in total. The number of aromatic hydroxyl groups is 1. The molecule has 138 valence electrons. The van der Waals surface area contributed by atoms with Gasteiger partial charge in [0, 0.05) is 22.9 Å². The highest BCUT2D eigenvalue weighted by molar-refractivity contribution is 6.30. The maximum absolute atomic E-state index is 12.4. The molecule has 2 aromatic carbocycles. The van der Waals surface area contributed by atoms with Gasteiger partial charge in [-0.3, -0.25) is 4.79 Å². The molecular formula is C20H18ClN3O3. The van der Waals surface area contributed by atoms with Crippen molar-refractivity contribution >= 4 is 23.3 Å². The van der Waals surface area contributed by atoms with Crippen molar-refractivity contribution in [2.24, 2.45) is 0 Å². The molecule has 2 heterocycles. The molecule has 0 saturated heterocycles. The third-order valence-corrected chi connectivity index (χ3v) is 5.03. The largest absolute Gasteiger partial charge is 0.504 e. The summed E-state index contributed by atoms with van der Waals surface area (Å²) in [5.41, 5.74) is 3.49. The lowest BCUT2D eigenvalue weighted by Gasteiger charge is -2.25. The summed E-state index contributed by atoms with van der Waals surface area (Å²) in [6.07, 6.45) is 0.300. The second-order valence-electron chi connectivity index (χ2n) is 6.47. The summed E-state index contributed by atoms with van der Waals surface area (Å²) >= 11 is 5.98. The van der Waals surface area contributed by atoms with Crippen molar-refractivity contribution in [3.63, 3.8) is 0 Å². The first-order valence-electron chi connectivity index (χ1n) is 8.50. The lowest BCUT2D eigenvalue weighted by atomic mass is 9.85. The number of benzene rings is 2. The number of aromatic nitrogens is 2. The molecule has 0 unspecified atom stereocenters. The maximum atomic E-state index is 12.4. The number of phenolic OH excluding ortho intramolecular Hbond substituents is 1.